The summed E-state index contributed by atoms with van der Waals surface area (Å²) < 4.78 is 15.8. The fourth-order valence-electron chi connectivity index (χ4n) is 1.98. The molecule has 1 aromatic rings. The predicted octanol–water partition coefficient (Wildman–Crippen LogP) is 3.25. The van der Waals surface area contributed by atoms with Crippen molar-refractivity contribution in [1.29, 1.82) is 0 Å². The minimum Gasteiger partial charge on any atom is -0.466 e. The Kier molecular flexibility index (Phi) is 4.66. The van der Waals surface area contributed by atoms with E-state index >= 15 is 0 Å². The lowest BCUT2D eigenvalue weighted by molar-refractivity contribution is -0.144. The first kappa shape index (κ1) is 13.7. The number of unbranched alkanes of at least 4 members (excludes halogenated alkanes) is 1. The molecule has 19 heavy (non-hydrogen) atoms. The third kappa shape index (κ3) is 3.63. The average Bonchev–Trinajstić information content (AvgIpc) is 2.86. The topological polar surface area (TPSA) is 44.8 Å². The highest BCUT2D eigenvalue weighted by molar-refractivity contribution is 5.70. The average molecular weight is 264 g/mol. The molecule has 0 fully saturated rings. The van der Waals surface area contributed by atoms with Crippen LogP contribution in [0.4, 0.5) is 0 Å². The van der Waals surface area contributed by atoms with Crippen molar-refractivity contribution in [2.75, 3.05) is 13.4 Å². The predicted molar refractivity (Wildman–Crippen MR) is 71.5 cm³/mol. The van der Waals surface area contributed by atoms with E-state index in [2.05, 4.69) is 6.92 Å². The number of carbonyl (C=O) groups excluding carboxylic acids is 1. The molecule has 1 aliphatic heterocycles. The van der Waals surface area contributed by atoms with Gasteiger partial charge in [-0.05, 0) is 30.0 Å². The van der Waals surface area contributed by atoms with Crippen LogP contribution in [-0.2, 0) is 9.53 Å². The Hall–Kier alpha value is -1.71. The zero-order valence-corrected chi connectivity index (χ0v) is 11.5. The molecule has 0 amide bonds. The Bertz CT molecular complexity index is 442. The lowest BCUT2D eigenvalue weighted by Gasteiger charge is -2.12. The standard InChI is InChI=1S/C15H20O4/c1-3-4-7-17-15(16)8-11(2)12-5-6-13-14(9-12)19-10-18-13/h5-6,9,11H,3-4,7-8,10H2,1-2H3. The highest BCUT2D eigenvalue weighted by atomic mass is 16.7. The number of hydrogen-bond donors (Lipinski definition) is 0. The monoisotopic (exact) mass is 264 g/mol. The Labute approximate surface area is 113 Å². The minimum atomic E-state index is -0.140. The summed E-state index contributed by atoms with van der Waals surface area (Å²) in [4.78, 5) is 11.7. The fraction of sp³-hybridized carbons (Fsp3) is 0.533. The van der Waals surface area contributed by atoms with Gasteiger partial charge in [0.2, 0.25) is 6.79 Å². The van der Waals surface area contributed by atoms with E-state index < -0.39 is 0 Å². The molecule has 0 radical (unpaired) electrons. The van der Waals surface area contributed by atoms with Crippen LogP contribution in [0.3, 0.4) is 0 Å². The number of fused-ring (bicyclic) bond motifs is 1. The molecule has 4 heteroatoms. The number of benzene rings is 1. The molecule has 0 saturated heterocycles. The Morgan fingerprint density at radius 3 is 2.95 bits per heavy atom. The Morgan fingerprint density at radius 1 is 1.37 bits per heavy atom. The van der Waals surface area contributed by atoms with Gasteiger partial charge in [0.25, 0.3) is 0 Å². The molecule has 1 aromatic carbocycles. The van der Waals surface area contributed by atoms with Crippen molar-refractivity contribution in [3.63, 3.8) is 0 Å². The van der Waals surface area contributed by atoms with Gasteiger partial charge in [0, 0.05) is 0 Å². The zero-order valence-electron chi connectivity index (χ0n) is 11.5. The van der Waals surface area contributed by atoms with Crippen molar-refractivity contribution in [2.24, 2.45) is 0 Å². The maximum Gasteiger partial charge on any atom is 0.306 e. The van der Waals surface area contributed by atoms with Crippen molar-refractivity contribution in [3.8, 4) is 11.5 Å². The SMILES string of the molecule is CCCCOC(=O)CC(C)c1ccc2c(c1)OCO2. The van der Waals surface area contributed by atoms with Crippen LogP contribution in [0.1, 0.15) is 44.6 Å². The molecule has 1 atom stereocenters. The second-order valence-electron chi connectivity index (χ2n) is 4.79. The molecule has 4 nitrogen and oxygen atoms in total. The molecule has 1 heterocycles. The molecule has 1 aliphatic rings. The zero-order chi connectivity index (χ0) is 13.7. The molecule has 0 bridgehead atoms. The van der Waals surface area contributed by atoms with Gasteiger partial charge in [-0.15, -0.1) is 0 Å². The van der Waals surface area contributed by atoms with E-state index in [1.807, 2.05) is 25.1 Å². The third-order valence-electron chi connectivity index (χ3n) is 3.20. The number of esters is 1. The van der Waals surface area contributed by atoms with Crippen LogP contribution in [0.25, 0.3) is 0 Å². The number of carbonyl (C=O) groups is 1. The van der Waals surface area contributed by atoms with Gasteiger partial charge in [-0.2, -0.15) is 0 Å². The van der Waals surface area contributed by atoms with Crippen LogP contribution in [-0.4, -0.2) is 19.4 Å². The van der Waals surface area contributed by atoms with E-state index in [0.29, 0.717) is 13.0 Å². The lowest BCUT2D eigenvalue weighted by atomic mass is 9.97. The molecule has 104 valence electrons. The maximum absolute atomic E-state index is 11.7. The summed E-state index contributed by atoms with van der Waals surface area (Å²) in [5.74, 6) is 1.49. The smallest absolute Gasteiger partial charge is 0.306 e. The molecular formula is C15H20O4. The molecule has 0 aromatic heterocycles. The van der Waals surface area contributed by atoms with E-state index in [4.69, 9.17) is 14.2 Å². The van der Waals surface area contributed by atoms with Crippen LogP contribution in [0.2, 0.25) is 0 Å². The molecule has 1 unspecified atom stereocenters. The van der Waals surface area contributed by atoms with E-state index in [-0.39, 0.29) is 18.7 Å². The van der Waals surface area contributed by atoms with Gasteiger partial charge in [-0.3, -0.25) is 4.79 Å². The lowest BCUT2D eigenvalue weighted by Crippen LogP contribution is -2.09. The fourth-order valence-corrected chi connectivity index (χ4v) is 1.98. The second-order valence-corrected chi connectivity index (χ2v) is 4.79. The van der Waals surface area contributed by atoms with Crippen molar-refractivity contribution in [2.45, 2.75) is 39.0 Å². The first-order chi connectivity index (χ1) is 9.20. The van der Waals surface area contributed by atoms with Crippen LogP contribution >= 0.6 is 0 Å². The quantitative estimate of drug-likeness (QED) is 0.584. The van der Waals surface area contributed by atoms with Crippen molar-refractivity contribution < 1.29 is 19.0 Å². The summed E-state index contributed by atoms with van der Waals surface area (Å²) >= 11 is 0. The largest absolute Gasteiger partial charge is 0.466 e. The van der Waals surface area contributed by atoms with Gasteiger partial charge >= 0.3 is 5.97 Å². The summed E-state index contributed by atoms with van der Waals surface area (Å²) in [6.07, 6.45) is 2.35. The van der Waals surface area contributed by atoms with Gasteiger partial charge in [-0.25, -0.2) is 0 Å². The Morgan fingerprint density at radius 2 is 2.16 bits per heavy atom. The highest BCUT2D eigenvalue weighted by Gasteiger charge is 2.17. The van der Waals surface area contributed by atoms with Gasteiger partial charge in [0.05, 0.1) is 13.0 Å². The molecular weight excluding hydrogens is 244 g/mol. The summed E-state index contributed by atoms with van der Waals surface area (Å²) in [6.45, 7) is 4.87. The van der Waals surface area contributed by atoms with Gasteiger partial charge in [-0.1, -0.05) is 26.3 Å². The summed E-state index contributed by atoms with van der Waals surface area (Å²) in [5.41, 5.74) is 1.07. The highest BCUT2D eigenvalue weighted by Crippen LogP contribution is 2.35. The van der Waals surface area contributed by atoms with Gasteiger partial charge in [0.1, 0.15) is 0 Å². The van der Waals surface area contributed by atoms with Crippen LogP contribution < -0.4 is 9.47 Å². The van der Waals surface area contributed by atoms with E-state index in [9.17, 15) is 4.79 Å². The minimum absolute atomic E-state index is 0.114. The summed E-state index contributed by atoms with van der Waals surface area (Å²) in [7, 11) is 0. The number of ether oxygens (including phenoxy) is 3. The number of hydrogen-bond acceptors (Lipinski definition) is 4. The third-order valence-corrected chi connectivity index (χ3v) is 3.20. The van der Waals surface area contributed by atoms with E-state index in [1.54, 1.807) is 0 Å². The van der Waals surface area contributed by atoms with Gasteiger partial charge < -0.3 is 14.2 Å². The normalized spacial score (nSPS) is 14.2. The van der Waals surface area contributed by atoms with E-state index in [1.165, 1.54) is 0 Å². The molecule has 0 N–H and O–H groups in total. The van der Waals surface area contributed by atoms with Crippen LogP contribution in [0.15, 0.2) is 18.2 Å². The van der Waals surface area contributed by atoms with E-state index in [0.717, 1.165) is 29.9 Å². The summed E-state index contributed by atoms with van der Waals surface area (Å²) in [6, 6.07) is 5.79. The van der Waals surface area contributed by atoms with Crippen molar-refractivity contribution in [3.05, 3.63) is 23.8 Å². The first-order valence-corrected chi connectivity index (χ1v) is 6.76. The molecule has 2 rings (SSSR count). The summed E-state index contributed by atoms with van der Waals surface area (Å²) in [5, 5.41) is 0. The molecule has 0 saturated carbocycles. The Balaban J connectivity index is 1.89. The first-order valence-electron chi connectivity index (χ1n) is 6.76. The maximum atomic E-state index is 11.7. The van der Waals surface area contributed by atoms with Crippen molar-refractivity contribution in [1.82, 2.24) is 0 Å². The second kappa shape index (κ2) is 6.45. The van der Waals surface area contributed by atoms with Gasteiger partial charge in [0.15, 0.2) is 11.5 Å². The molecule has 0 spiro atoms. The molecule has 0 aliphatic carbocycles. The number of rotatable bonds is 6. The van der Waals surface area contributed by atoms with Crippen molar-refractivity contribution >= 4 is 5.97 Å². The van der Waals surface area contributed by atoms with Crippen LogP contribution in [0, 0.1) is 0 Å². The van der Waals surface area contributed by atoms with Crippen LogP contribution in [0.5, 0.6) is 11.5 Å².